The highest BCUT2D eigenvalue weighted by Crippen LogP contribution is 2.37. The molecule has 1 aliphatic carbocycles. The lowest BCUT2D eigenvalue weighted by molar-refractivity contribution is 0.527. The maximum absolute atomic E-state index is 13.2. The summed E-state index contributed by atoms with van der Waals surface area (Å²) in [5.74, 6) is 2.32. The molecule has 26 heavy (non-hydrogen) atoms. The number of anilines is 1. The van der Waals surface area contributed by atoms with E-state index < -0.39 is 0 Å². The van der Waals surface area contributed by atoms with Crippen LogP contribution in [0, 0.1) is 12.8 Å². The van der Waals surface area contributed by atoms with Crippen LogP contribution in [0.2, 0.25) is 0 Å². The number of aryl methyl sites for hydroxylation is 1. The minimum absolute atomic E-state index is 0.0952. The van der Waals surface area contributed by atoms with Gasteiger partial charge in [-0.25, -0.2) is 9.97 Å². The fourth-order valence-corrected chi connectivity index (χ4v) is 4.59. The first-order chi connectivity index (χ1) is 12.7. The lowest BCUT2D eigenvalue weighted by Crippen LogP contribution is -2.32. The Labute approximate surface area is 155 Å². The molecule has 3 aromatic rings. The summed E-state index contributed by atoms with van der Waals surface area (Å²) in [6, 6.07) is 7.79. The Morgan fingerprint density at radius 3 is 2.81 bits per heavy atom. The Morgan fingerprint density at radius 1 is 1.19 bits per heavy atom. The molecule has 0 bridgehead atoms. The topological polar surface area (TPSA) is 63.9 Å². The molecule has 1 unspecified atom stereocenters. The van der Waals surface area contributed by atoms with Crippen molar-refractivity contribution in [1.29, 1.82) is 0 Å². The minimum Gasteiger partial charge on any atom is -0.337 e. The SMILES string of the molecule is Cc1nsc(N2CCCC2c2nc3ccccc3c(=O)n2CC2CC2)n1. The van der Waals surface area contributed by atoms with Crippen LogP contribution in [0.5, 0.6) is 0 Å². The van der Waals surface area contributed by atoms with Gasteiger partial charge < -0.3 is 4.90 Å². The van der Waals surface area contributed by atoms with Gasteiger partial charge in [0.2, 0.25) is 5.13 Å². The smallest absolute Gasteiger partial charge is 0.261 e. The van der Waals surface area contributed by atoms with E-state index in [1.807, 2.05) is 35.8 Å². The number of hydrogen-bond donors (Lipinski definition) is 0. The van der Waals surface area contributed by atoms with Crippen molar-refractivity contribution >= 4 is 27.6 Å². The molecular formula is C19H21N5OS. The monoisotopic (exact) mass is 367 g/mol. The Morgan fingerprint density at radius 2 is 2.04 bits per heavy atom. The average molecular weight is 367 g/mol. The van der Waals surface area contributed by atoms with E-state index in [9.17, 15) is 4.79 Å². The van der Waals surface area contributed by atoms with Gasteiger partial charge in [-0.3, -0.25) is 9.36 Å². The maximum atomic E-state index is 13.2. The molecule has 2 fully saturated rings. The summed E-state index contributed by atoms with van der Waals surface area (Å²) in [5.41, 5.74) is 0.887. The number of hydrogen-bond acceptors (Lipinski definition) is 6. The fraction of sp³-hybridized carbons (Fsp3) is 0.474. The van der Waals surface area contributed by atoms with E-state index in [2.05, 4.69) is 14.3 Å². The summed E-state index contributed by atoms with van der Waals surface area (Å²) in [4.78, 5) is 25.0. The summed E-state index contributed by atoms with van der Waals surface area (Å²) >= 11 is 1.43. The van der Waals surface area contributed by atoms with Crippen molar-refractivity contribution in [2.45, 2.75) is 45.2 Å². The molecule has 2 aromatic heterocycles. The van der Waals surface area contributed by atoms with E-state index in [0.717, 1.165) is 48.2 Å². The lowest BCUT2D eigenvalue weighted by atomic mass is 10.1. The van der Waals surface area contributed by atoms with Crippen molar-refractivity contribution in [2.24, 2.45) is 5.92 Å². The number of para-hydroxylation sites is 1. The van der Waals surface area contributed by atoms with Crippen molar-refractivity contribution in [3.8, 4) is 0 Å². The normalized spacial score (nSPS) is 20.2. The van der Waals surface area contributed by atoms with Crippen molar-refractivity contribution in [2.75, 3.05) is 11.4 Å². The zero-order valence-electron chi connectivity index (χ0n) is 14.8. The van der Waals surface area contributed by atoms with Crippen LogP contribution in [0.15, 0.2) is 29.1 Å². The van der Waals surface area contributed by atoms with E-state index in [1.54, 1.807) is 0 Å². The standard InChI is InChI=1S/C19H21N5OS/c1-12-20-19(26-22-12)23-10-4-7-16(23)17-21-15-6-3-2-5-14(15)18(25)24(17)11-13-8-9-13/h2-3,5-6,13,16H,4,7-11H2,1H3. The highest BCUT2D eigenvalue weighted by molar-refractivity contribution is 7.09. The summed E-state index contributed by atoms with van der Waals surface area (Å²) in [5, 5.41) is 1.65. The van der Waals surface area contributed by atoms with Gasteiger partial charge in [0.25, 0.3) is 5.56 Å². The molecule has 1 saturated carbocycles. The third-order valence-corrected chi connectivity index (χ3v) is 6.19. The van der Waals surface area contributed by atoms with E-state index in [1.165, 1.54) is 24.4 Å². The average Bonchev–Trinajstić information content (AvgIpc) is 3.15. The van der Waals surface area contributed by atoms with Crippen LogP contribution in [0.4, 0.5) is 5.13 Å². The summed E-state index contributed by atoms with van der Waals surface area (Å²) < 4.78 is 6.28. The predicted molar refractivity (Wildman–Crippen MR) is 103 cm³/mol. The van der Waals surface area contributed by atoms with Crippen molar-refractivity contribution < 1.29 is 0 Å². The lowest BCUT2D eigenvalue weighted by Gasteiger charge is -2.26. The molecule has 134 valence electrons. The van der Waals surface area contributed by atoms with E-state index >= 15 is 0 Å². The summed E-state index contributed by atoms with van der Waals surface area (Å²) in [7, 11) is 0. The van der Waals surface area contributed by atoms with Gasteiger partial charge in [-0.2, -0.15) is 4.37 Å². The molecular weight excluding hydrogens is 346 g/mol. The maximum Gasteiger partial charge on any atom is 0.261 e. The molecule has 1 saturated heterocycles. The zero-order valence-corrected chi connectivity index (χ0v) is 15.6. The highest BCUT2D eigenvalue weighted by atomic mass is 32.1. The molecule has 0 amide bonds. The highest BCUT2D eigenvalue weighted by Gasteiger charge is 2.34. The van der Waals surface area contributed by atoms with E-state index in [-0.39, 0.29) is 11.6 Å². The molecule has 1 aliphatic heterocycles. The molecule has 0 radical (unpaired) electrons. The second-order valence-corrected chi connectivity index (χ2v) is 8.05. The zero-order chi connectivity index (χ0) is 17.7. The third kappa shape index (κ3) is 2.70. The van der Waals surface area contributed by atoms with Crippen LogP contribution in [0.1, 0.15) is 43.4 Å². The molecule has 1 aromatic carbocycles. The molecule has 2 aliphatic rings. The van der Waals surface area contributed by atoms with Gasteiger partial charge >= 0.3 is 0 Å². The van der Waals surface area contributed by atoms with Crippen LogP contribution in [0.3, 0.4) is 0 Å². The van der Waals surface area contributed by atoms with Gasteiger partial charge in [-0.15, -0.1) is 0 Å². The van der Waals surface area contributed by atoms with Gasteiger partial charge in [-0.1, -0.05) is 12.1 Å². The number of benzene rings is 1. The Hall–Kier alpha value is -2.28. The molecule has 5 rings (SSSR count). The molecule has 6 nitrogen and oxygen atoms in total. The first-order valence-electron chi connectivity index (χ1n) is 9.27. The molecule has 3 heterocycles. The van der Waals surface area contributed by atoms with Crippen LogP contribution in [0.25, 0.3) is 10.9 Å². The van der Waals surface area contributed by atoms with Gasteiger partial charge in [0, 0.05) is 24.6 Å². The van der Waals surface area contributed by atoms with Gasteiger partial charge in [0.15, 0.2) is 0 Å². The van der Waals surface area contributed by atoms with Gasteiger partial charge in [0.1, 0.15) is 11.6 Å². The van der Waals surface area contributed by atoms with Crippen molar-refractivity contribution in [1.82, 2.24) is 18.9 Å². The van der Waals surface area contributed by atoms with Gasteiger partial charge in [0.05, 0.1) is 16.9 Å². The molecule has 1 atom stereocenters. The molecule has 0 spiro atoms. The number of rotatable bonds is 4. The number of fused-ring (bicyclic) bond motifs is 1. The third-order valence-electron chi connectivity index (χ3n) is 5.34. The van der Waals surface area contributed by atoms with E-state index in [0.29, 0.717) is 11.3 Å². The molecule has 0 N–H and O–H groups in total. The fourth-order valence-electron chi connectivity index (χ4n) is 3.84. The van der Waals surface area contributed by atoms with E-state index in [4.69, 9.17) is 4.98 Å². The first-order valence-corrected chi connectivity index (χ1v) is 10.0. The van der Waals surface area contributed by atoms with Crippen molar-refractivity contribution in [3.05, 3.63) is 46.3 Å². The Bertz CT molecular complexity index is 1020. The number of nitrogens with zero attached hydrogens (tertiary/aromatic N) is 5. The van der Waals surface area contributed by atoms with Crippen LogP contribution in [-0.2, 0) is 6.54 Å². The quantitative estimate of drug-likeness (QED) is 0.708. The van der Waals surface area contributed by atoms with Crippen LogP contribution in [-0.4, -0.2) is 25.5 Å². The van der Waals surface area contributed by atoms with Crippen LogP contribution >= 0.6 is 11.5 Å². The predicted octanol–water partition coefficient (Wildman–Crippen LogP) is 3.31. The first kappa shape index (κ1) is 15.9. The largest absolute Gasteiger partial charge is 0.337 e. The Kier molecular flexibility index (Phi) is 3.77. The number of aromatic nitrogens is 4. The second-order valence-electron chi connectivity index (χ2n) is 7.32. The van der Waals surface area contributed by atoms with Crippen LogP contribution < -0.4 is 10.5 Å². The Balaban J connectivity index is 1.65. The summed E-state index contributed by atoms with van der Waals surface area (Å²) in [6.45, 7) is 3.64. The minimum atomic E-state index is 0.0952. The summed E-state index contributed by atoms with van der Waals surface area (Å²) in [6.07, 6.45) is 4.49. The van der Waals surface area contributed by atoms with Gasteiger partial charge in [-0.05, 0) is 50.7 Å². The second kappa shape index (κ2) is 6.16. The van der Waals surface area contributed by atoms with Crippen molar-refractivity contribution in [3.63, 3.8) is 0 Å². The molecule has 7 heteroatoms.